The summed E-state index contributed by atoms with van der Waals surface area (Å²) in [6.07, 6.45) is 2.33. The molecule has 0 spiro atoms. The number of hydrogen-bond acceptors (Lipinski definition) is 0. The largest absolute Gasteiger partial charge is 0.322 e. The SMILES string of the molecule is CC(=Cc1ccccc1)C[NH+]1CC[NH+](Cc2ccccc2)CC1. The molecule has 3 rings (SSSR count). The van der Waals surface area contributed by atoms with Gasteiger partial charge in [0.05, 0.1) is 6.54 Å². The molecule has 0 saturated carbocycles. The molecule has 23 heavy (non-hydrogen) atoms. The maximum atomic E-state index is 2.33. The quantitative estimate of drug-likeness (QED) is 0.818. The number of quaternary nitrogens is 2. The van der Waals surface area contributed by atoms with Crippen LogP contribution in [0.25, 0.3) is 6.08 Å². The Morgan fingerprint density at radius 1 is 0.826 bits per heavy atom. The van der Waals surface area contributed by atoms with Gasteiger partial charge in [-0.15, -0.1) is 0 Å². The van der Waals surface area contributed by atoms with E-state index in [1.165, 1.54) is 56.0 Å². The molecule has 0 aromatic heterocycles. The molecule has 0 atom stereocenters. The van der Waals surface area contributed by atoms with Crippen LogP contribution in [-0.4, -0.2) is 32.7 Å². The topological polar surface area (TPSA) is 8.88 Å². The van der Waals surface area contributed by atoms with Crippen molar-refractivity contribution in [2.24, 2.45) is 0 Å². The highest BCUT2D eigenvalue weighted by Gasteiger charge is 2.22. The lowest BCUT2D eigenvalue weighted by Crippen LogP contribution is -3.27. The van der Waals surface area contributed by atoms with E-state index in [0.717, 1.165) is 0 Å². The first kappa shape index (κ1) is 16.0. The van der Waals surface area contributed by atoms with Gasteiger partial charge in [-0.05, 0) is 18.1 Å². The minimum Gasteiger partial charge on any atom is -0.322 e. The lowest BCUT2D eigenvalue weighted by molar-refractivity contribution is -1.02. The van der Waals surface area contributed by atoms with Gasteiger partial charge < -0.3 is 9.80 Å². The Morgan fingerprint density at radius 3 is 2.04 bits per heavy atom. The van der Waals surface area contributed by atoms with Crippen LogP contribution in [0.2, 0.25) is 0 Å². The summed E-state index contributed by atoms with van der Waals surface area (Å²) in [5, 5.41) is 0. The summed E-state index contributed by atoms with van der Waals surface area (Å²) in [5.74, 6) is 0. The Labute approximate surface area is 140 Å². The number of hydrogen-bond donors (Lipinski definition) is 2. The molecule has 2 aromatic carbocycles. The van der Waals surface area contributed by atoms with E-state index in [-0.39, 0.29) is 0 Å². The minimum atomic E-state index is 1.17. The van der Waals surface area contributed by atoms with E-state index in [9.17, 15) is 0 Å². The monoisotopic (exact) mass is 308 g/mol. The molecular formula is C21H28N2+2. The number of piperazine rings is 1. The highest BCUT2D eigenvalue weighted by molar-refractivity contribution is 5.52. The van der Waals surface area contributed by atoms with Gasteiger partial charge in [0.1, 0.15) is 32.7 Å². The Hall–Kier alpha value is -1.90. The third kappa shape index (κ3) is 5.05. The zero-order valence-corrected chi connectivity index (χ0v) is 14.1. The van der Waals surface area contributed by atoms with E-state index in [2.05, 4.69) is 73.7 Å². The third-order valence-electron chi connectivity index (χ3n) is 4.70. The second kappa shape index (κ2) is 8.09. The van der Waals surface area contributed by atoms with Crippen molar-refractivity contribution in [3.8, 4) is 0 Å². The molecule has 2 nitrogen and oxygen atoms in total. The van der Waals surface area contributed by atoms with Gasteiger partial charge in [-0.2, -0.15) is 0 Å². The normalized spacial score (nSPS) is 22.0. The Bertz CT molecular complexity index is 611. The van der Waals surface area contributed by atoms with E-state index >= 15 is 0 Å². The first-order valence-electron chi connectivity index (χ1n) is 8.73. The number of rotatable bonds is 5. The van der Waals surface area contributed by atoms with Crippen LogP contribution in [-0.2, 0) is 6.54 Å². The smallest absolute Gasteiger partial charge is 0.127 e. The molecule has 0 aliphatic carbocycles. The maximum absolute atomic E-state index is 2.33. The number of benzene rings is 2. The molecule has 0 radical (unpaired) electrons. The molecule has 0 unspecified atom stereocenters. The van der Waals surface area contributed by atoms with Crippen LogP contribution in [0.1, 0.15) is 18.1 Å². The molecule has 0 amide bonds. The van der Waals surface area contributed by atoms with Crippen molar-refractivity contribution in [2.75, 3.05) is 32.7 Å². The van der Waals surface area contributed by atoms with Crippen LogP contribution in [0.3, 0.4) is 0 Å². The van der Waals surface area contributed by atoms with Gasteiger partial charge in [-0.25, -0.2) is 0 Å². The maximum Gasteiger partial charge on any atom is 0.127 e. The summed E-state index contributed by atoms with van der Waals surface area (Å²) in [4.78, 5) is 3.45. The Morgan fingerprint density at radius 2 is 1.39 bits per heavy atom. The highest BCUT2D eigenvalue weighted by Crippen LogP contribution is 2.04. The summed E-state index contributed by atoms with van der Waals surface area (Å²) >= 11 is 0. The average molecular weight is 308 g/mol. The third-order valence-corrected chi connectivity index (χ3v) is 4.70. The van der Waals surface area contributed by atoms with Gasteiger partial charge in [-0.3, -0.25) is 0 Å². The predicted octanol–water partition coefficient (Wildman–Crippen LogP) is 1.07. The van der Waals surface area contributed by atoms with Gasteiger partial charge in [-0.1, -0.05) is 66.7 Å². The average Bonchev–Trinajstić information content (AvgIpc) is 2.58. The minimum absolute atomic E-state index is 1.17. The van der Waals surface area contributed by atoms with E-state index in [4.69, 9.17) is 0 Å². The van der Waals surface area contributed by atoms with Crippen molar-refractivity contribution in [2.45, 2.75) is 13.5 Å². The molecule has 120 valence electrons. The molecule has 1 saturated heterocycles. The molecule has 2 N–H and O–H groups in total. The summed E-state index contributed by atoms with van der Waals surface area (Å²) in [6.45, 7) is 9.74. The van der Waals surface area contributed by atoms with Gasteiger partial charge >= 0.3 is 0 Å². The molecular weight excluding hydrogens is 280 g/mol. The fourth-order valence-corrected chi connectivity index (χ4v) is 3.47. The number of nitrogens with one attached hydrogen (secondary N) is 2. The van der Waals surface area contributed by atoms with Crippen molar-refractivity contribution < 1.29 is 9.80 Å². The Kier molecular flexibility index (Phi) is 5.62. The molecule has 0 bridgehead atoms. The van der Waals surface area contributed by atoms with Crippen molar-refractivity contribution in [1.82, 2.24) is 0 Å². The first-order valence-corrected chi connectivity index (χ1v) is 8.73. The van der Waals surface area contributed by atoms with E-state index in [1.807, 2.05) is 0 Å². The first-order chi connectivity index (χ1) is 11.3. The second-order valence-electron chi connectivity index (χ2n) is 6.74. The zero-order chi connectivity index (χ0) is 15.9. The molecule has 1 aliphatic rings. The summed E-state index contributed by atoms with van der Waals surface area (Å²) in [5.41, 5.74) is 4.27. The molecule has 1 aliphatic heterocycles. The van der Waals surface area contributed by atoms with Crippen LogP contribution < -0.4 is 9.80 Å². The van der Waals surface area contributed by atoms with Crippen molar-refractivity contribution in [3.05, 3.63) is 77.4 Å². The van der Waals surface area contributed by atoms with Crippen LogP contribution >= 0.6 is 0 Å². The van der Waals surface area contributed by atoms with Crippen LogP contribution in [0.4, 0.5) is 0 Å². The van der Waals surface area contributed by atoms with Crippen molar-refractivity contribution in [1.29, 1.82) is 0 Å². The Balaban J connectivity index is 1.46. The molecule has 2 aromatic rings. The standard InChI is InChI=1S/C21H26N2/c1-19(16-20-8-4-2-5-9-20)17-22-12-14-23(15-13-22)18-21-10-6-3-7-11-21/h2-11,16H,12-15,17-18H2,1H3/p+2. The lowest BCUT2D eigenvalue weighted by atomic mass is 10.1. The van der Waals surface area contributed by atoms with E-state index < -0.39 is 0 Å². The lowest BCUT2D eigenvalue weighted by Gasteiger charge is -2.30. The van der Waals surface area contributed by atoms with Crippen LogP contribution in [0, 0.1) is 0 Å². The molecule has 1 fully saturated rings. The predicted molar refractivity (Wildman–Crippen MR) is 96.5 cm³/mol. The van der Waals surface area contributed by atoms with E-state index in [0.29, 0.717) is 0 Å². The molecule has 2 heteroatoms. The van der Waals surface area contributed by atoms with Gasteiger partial charge in [0.2, 0.25) is 0 Å². The van der Waals surface area contributed by atoms with Gasteiger partial charge in [0, 0.05) is 5.56 Å². The van der Waals surface area contributed by atoms with Crippen LogP contribution in [0.15, 0.2) is 66.2 Å². The fourth-order valence-electron chi connectivity index (χ4n) is 3.47. The zero-order valence-electron chi connectivity index (χ0n) is 14.1. The van der Waals surface area contributed by atoms with Crippen LogP contribution in [0.5, 0.6) is 0 Å². The summed E-state index contributed by atoms with van der Waals surface area (Å²) in [7, 11) is 0. The second-order valence-corrected chi connectivity index (χ2v) is 6.74. The van der Waals surface area contributed by atoms with Crippen molar-refractivity contribution >= 4 is 6.08 Å². The summed E-state index contributed by atoms with van der Waals surface area (Å²) < 4.78 is 0. The summed E-state index contributed by atoms with van der Waals surface area (Å²) in [6, 6.07) is 21.5. The van der Waals surface area contributed by atoms with E-state index in [1.54, 1.807) is 9.80 Å². The molecule has 1 heterocycles. The highest BCUT2D eigenvalue weighted by atomic mass is 15.3. The fraction of sp³-hybridized carbons (Fsp3) is 0.333. The van der Waals surface area contributed by atoms with Gasteiger partial charge in [0.25, 0.3) is 0 Å². The van der Waals surface area contributed by atoms with Crippen molar-refractivity contribution in [3.63, 3.8) is 0 Å². The van der Waals surface area contributed by atoms with Gasteiger partial charge in [0.15, 0.2) is 0 Å².